The van der Waals surface area contributed by atoms with Crippen LogP contribution in [-0.4, -0.2) is 16.5 Å². The molecule has 15 heavy (non-hydrogen) atoms. The van der Waals surface area contributed by atoms with Gasteiger partial charge in [0.1, 0.15) is 11.4 Å². The molecule has 0 unspecified atom stereocenters. The van der Waals surface area contributed by atoms with Gasteiger partial charge in [0.15, 0.2) is 0 Å². The average molecular weight is 204 g/mol. The van der Waals surface area contributed by atoms with Crippen LogP contribution in [0.4, 0.5) is 0 Å². The van der Waals surface area contributed by atoms with Crippen LogP contribution in [0.25, 0.3) is 5.65 Å². The summed E-state index contributed by atoms with van der Waals surface area (Å²) in [5, 5.41) is 0. The highest BCUT2D eigenvalue weighted by atomic mass is 16.5. The minimum atomic E-state index is 0.863. The number of aromatic nitrogens is 2. The number of hydrogen-bond acceptors (Lipinski definition) is 2. The fourth-order valence-corrected chi connectivity index (χ4v) is 1.62. The molecule has 3 nitrogen and oxygen atoms in total. The van der Waals surface area contributed by atoms with Crippen LogP contribution in [0.1, 0.15) is 25.5 Å². The molecule has 0 amide bonds. The maximum atomic E-state index is 5.16. The summed E-state index contributed by atoms with van der Waals surface area (Å²) in [6, 6.07) is 3.92. The molecule has 3 heteroatoms. The Balaban J connectivity index is 2.29. The van der Waals surface area contributed by atoms with Crippen LogP contribution in [0.5, 0.6) is 5.75 Å². The maximum Gasteiger partial charge on any atom is 0.137 e. The van der Waals surface area contributed by atoms with E-state index in [4.69, 9.17) is 4.74 Å². The molecule has 0 aliphatic heterocycles. The minimum absolute atomic E-state index is 0.863. The third-order valence-corrected chi connectivity index (χ3v) is 2.50. The van der Waals surface area contributed by atoms with E-state index in [1.54, 1.807) is 7.11 Å². The first-order valence-corrected chi connectivity index (χ1v) is 5.35. The first-order chi connectivity index (χ1) is 7.33. The van der Waals surface area contributed by atoms with Crippen molar-refractivity contribution in [3.05, 3.63) is 30.2 Å². The molecule has 0 bridgehead atoms. The standard InChI is InChI=1S/C12H16N2O/c1-3-4-5-10-8-14-9-11(15-2)6-7-12(14)13-10/h6-9H,3-5H2,1-2H3. The van der Waals surface area contributed by atoms with Crippen LogP contribution < -0.4 is 4.74 Å². The predicted octanol–water partition coefficient (Wildman–Crippen LogP) is 2.69. The monoisotopic (exact) mass is 204 g/mol. The molecule has 0 spiro atoms. The fourth-order valence-electron chi connectivity index (χ4n) is 1.62. The highest BCUT2D eigenvalue weighted by Gasteiger charge is 2.01. The van der Waals surface area contributed by atoms with Crippen LogP contribution in [0.3, 0.4) is 0 Å². The van der Waals surface area contributed by atoms with Crippen molar-refractivity contribution in [2.75, 3.05) is 7.11 Å². The Morgan fingerprint density at radius 3 is 2.93 bits per heavy atom. The Bertz CT molecular complexity index is 448. The summed E-state index contributed by atoms with van der Waals surface area (Å²) < 4.78 is 7.18. The smallest absolute Gasteiger partial charge is 0.137 e. The Morgan fingerprint density at radius 2 is 2.20 bits per heavy atom. The summed E-state index contributed by atoms with van der Waals surface area (Å²) in [7, 11) is 1.68. The zero-order valence-electron chi connectivity index (χ0n) is 9.23. The van der Waals surface area contributed by atoms with Gasteiger partial charge in [-0.15, -0.1) is 0 Å². The lowest BCUT2D eigenvalue weighted by Crippen LogP contribution is -1.86. The number of imidazole rings is 1. The van der Waals surface area contributed by atoms with Gasteiger partial charge in [-0.2, -0.15) is 0 Å². The number of methoxy groups -OCH3 is 1. The highest BCUT2D eigenvalue weighted by Crippen LogP contribution is 2.14. The number of fused-ring (bicyclic) bond motifs is 1. The molecule has 0 N–H and O–H groups in total. The lowest BCUT2D eigenvalue weighted by molar-refractivity contribution is 0.412. The van der Waals surface area contributed by atoms with Crippen molar-refractivity contribution >= 4 is 5.65 Å². The van der Waals surface area contributed by atoms with Crippen LogP contribution >= 0.6 is 0 Å². The van der Waals surface area contributed by atoms with Crippen LogP contribution in [0, 0.1) is 0 Å². The van der Waals surface area contributed by atoms with E-state index >= 15 is 0 Å². The lowest BCUT2D eigenvalue weighted by Gasteiger charge is -1.98. The average Bonchev–Trinajstić information content (AvgIpc) is 2.67. The van der Waals surface area contributed by atoms with Gasteiger partial charge in [-0.1, -0.05) is 13.3 Å². The van der Waals surface area contributed by atoms with E-state index in [-0.39, 0.29) is 0 Å². The van der Waals surface area contributed by atoms with Crippen molar-refractivity contribution in [2.24, 2.45) is 0 Å². The quantitative estimate of drug-likeness (QED) is 0.765. The largest absolute Gasteiger partial charge is 0.495 e. The van der Waals surface area contributed by atoms with E-state index in [0.717, 1.165) is 23.5 Å². The van der Waals surface area contributed by atoms with E-state index in [1.807, 2.05) is 22.7 Å². The fraction of sp³-hybridized carbons (Fsp3) is 0.417. The van der Waals surface area contributed by atoms with Crippen LogP contribution in [-0.2, 0) is 6.42 Å². The van der Waals surface area contributed by atoms with Crippen molar-refractivity contribution in [2.45, 2.75) is 26.2 Å². The number of nitrogens with zero attached hydrogens (tertiary/aromatic N) is 2. The first-order valence-electron chi connectivity index (χ1n) is 5.35. The van der Waals surface area contributed by atoms with Crippen molar-refractivity contribution in [3.63, 3.8) is 0 Å². The van der Waals surface area contributed by atoms with Crippen molar-refractivity contribution in [1.82, 2.24) is 9.38 Å². The van der Waals surface area contributed by atoms with Gasteiger partial charge < -0.3 is 9.14 Å². The van der Waals surface area contributed by atoms with E-state index in [9.17, 15) is 0 Å². The minimum Gasteiger partial charge on any atom is -0.495 e. The van der Waals surface area contributed by atoms with Gasteiger partial charge >= 0.3 is 0 Å². The molecule has 0 radical (unpaired) electrons. The molecule has 0 aliphatic rings. The Kier molecular flexibility index (Phi) is 2.90. The van der Waals surface area contributed by atoms with Gasteiger partial charge in [-0.05, 0) is 25.0 Å². The van der Waals surface area contributed by atoms with E-state index in [1.165, 1.54) is 12.8 Å². The number of pyridine rings is 1. The zero-order chi connectivity index (χ0) is 10.7. The Morgan fingerprint density at radius 1 is 1.33 bits per heavy atom. The van der Waals surface area contributed by atoms with E-state index in [0.29, 0.717) is 0 Å². The molecule has 0 saturated carbocycles. The third-order valence-electron chi connectivity index (χ3n) is 2.50. The molecular formula is C12H16N2O. The maximum absolute atomic E-state index is 5.16. The van der Waals surface area contributed by atoms with E-state index in [2.05, 4.69) is 18.1 Å². The topological polar surface area (TPSA) is 26.5 Å². The van der Waals surface area contributed by atoms with E-state index < -0.39 is 0 Å². The second-order valence-electron chi connectivity index (χ2n) is 3.67. The number of unbranched alkanes of at least 4 members (excludes halogenated alkanes) is 1. The molecule has 80 valence electrons. The molecule has 0 saturated heterocycles. The number of ether oxygens (including phenoxy) is 1. The summed E-state index contributed by atoms with van der Waals surface area (Å²) in [6.07, 6.45) is 7.49. The van der Waals surface area contributed by atoms with Gasteiger partial charge in [-0.3, -0.25) is 0 Å². The summed E-state index contributed by atoms with van der Waals surface area (Å²) in [6.45, 7) is 2.19. The van der Waals surface area contributed by atoms with Gasteiger partial charge in [0.2, 0.25) is 0 Å². The second kappa shape index (κ2) is 4.34. The number of hydrogen-bond donors (Lipinski definition) is 0. The van der Waals surface area contributed by atoms with Crippen molar-refractivity contribution in [1.29, 1.82) is 0 Å². The number of rotatable bonds is 4. The van der Waals surface area contributed by atoms with Crippen LogP contribution in [0.15, 0.2) is 24.5 Å². The van der Waals surface area contributed by atoms with Crippen LogP contribution in [0.2, 0.25) is 0 Å². The highest BCUT2D eigenvalue weighted by molar-refractivity contribution is 5.43. The molecule has 2 rings (SSSR count). The normalized spacial score (nSPS) is 10.8. The molecule has 0 atom stereocenters. The molecule has 2 aromatic rings. The summed E-state index contributed by atoms with van der Waals surface area (Å²) in [5.74, 6) is 0.863. The predicted molar refractivity (Wildman–Crippen MR) is 60.4 cm³/mol. The lowest BCUT2D eigenvalue weighted by atomic mass is 10.2. The molecule has 0 fully saturated rings. The summed E-state index contributed by atoms with van der Waals surface area (Å²) in [4.78, 5) is 4.53. The summed E-state index contributed by atoms with van der Waals surface area (Å²) in [5.41, 5.74) is 2.15. The SMILES string of the molecule is CCCCc1cn2cc(OC)ccc2n1. The Labute approximate surface area is 89.7 Å². The first kappa shape index (κ1) is 10.0. The molecule has 0 aliphatic carbocycles. The Hall–Kier alpha value is -1.51. The summed E-state index contributed by atoms with van der Waals surface area (Å²) >= 11 is 0. The zero-order valence-corrected chi connectivity index (χ0v) is 9.23. The van der Waals surface area contributed by atoms with Crippen molar-refractivity contribution in [3.8, 4) is 5.75 Å². The van der Waals surface area contributed by atoms with Gasteiger partial charge in [0.25, 0.3) is 0 Å². The van der Waals surface area contributed by atoms with Crippen molar-refractivity contribution < 1.29 is 4.74 Å². The number of aryl methyl sites for hydroxylation is 1. The molecule has 2 aromatic heterocycles. The molecular weight excluding hydrogens is 188 g/mol. The van der Waals surface area contributed by atoms with Gasteiger partial charge in [0, 0.05) is 6.20 Å². The second-order valence-corrected chi connectivity index (χ2v) is 3.67. The van der Waals surface area contributed by atoms with Gasteiger partial charge in [0.05, 0.1) is 19.0 Å². The van der Waals surface area contributed by atoms with Gasteiger partial charge in [-0.25, -0.2) is 4.98 Å². The molecule has 2 heterocycles. The third kappa shape index (κ3) is 2.12. The molecule has 0 aromatic carbocycles.